The molecule has 4 fully saturated rings. The van der Waals surface area contributed by atoms with E-state index in [-0.39, 0.29) is 98.0 Å². The van der Waals surface area contributed by atoms with Crippen LogP contribution in [0.3, 0.4) is 0 Å². The summed E-state index contributed by atoms with van der Waals surface area (Å²) in [4.78, 5) is 26.2. The van der Waals surface area contributed by atoms with Crippen molar-refractivity contribution in [2.75, 3.05) is 162 Å². The van der Waals surface area contributed by atoms with Crippen LogP contribution in [-0.2, 0) is 69.6 Å². The highest BCUT2D eigenvalue weighted by atomic mass is 31.2. The third-order valence-corrected chi connectivity index (χ3v) is 23.3. The Balaban J connectivity index is 1.15. The molecule has 1 aliphatic carbocycles. The van der Waals surface area contributed by atoms with Crippen molar-refractivity contribution in [1.82, 2.24) is 42.3 Å². The topological polar surface area (TPSA) is 250 Å². The van der Waals surface area contributed by atoms with E-state index in [1.54, 1.807) is 51.6 Å². The number of morpholine rings is 4. The second kappa shape index (κ2) is 31.1. The number of amides is 2. The smallest absolute Gasteiger partial charge is 0.409 e. The molecular weight excluding hydrogens is 1090 g/mol. The molecule has 2 amide bonds. The van der Waals surface area contributed by atoms with E-state index in [1.165, 1.54) is 54.1 Å². The number of hydrogen-bond acceptors (Lipinski definition) is 16. The van der Waals surface area contributed by atoms with Crippen molar-refractivity contribution in [2.24, 2.45) is 5.73 Å². The monoisotopic (exact) mass is 1170 g/mol. The lowest BCUT2D eigenvalue weighted by Crippen LogP contribution is -2.53. The van der Waals surface area contributed by atoms with Crippen LogP contribution in [-0.4, -0.2) is 302 Å². The zero-order chi connectivity index (χ0) is 57.6. The van der Waals surface area contributed by atoms with Gasteiger partial charge in [0.1, 0.15) is 37.5 Å². The van der Waals surface area contributed by atoms with Gasteiger partial charge in [-0.2, -0.15) is 0 Å². The lowest BCUT2D eigenvalue weighted by Gasteiger charge is -2.45. The minimum atomic E-state index is -3.92. The van der Waals surface area contributed by atoms with E-state index < -0.39 is 91.1 Å². The molecule has 4 aliphatic heterocycles. The summed E-state index contributed by atoms with van der Waals surface area (Å²) < 4.78 is 130. The summed E-state index contributed by atoms with van der Waals surface area (Å²) in [6, 6.07) is -3.69. The normalized spacial score (nSPS) is 30.4. The van der Waals surface area contributed by atoms with Gasteiger partial charge >= 0.3 is 36.8 Å². The number of likely N-dealkylation sites (N-methyl/N-ethyl adjacent to an activating group) is 1. The lowest BCUT2D eigenvalue weighted by molar-refractivity contribution is -0.118. The minimum Gasteiger partial charge on any atom is -0.449 e. The summed E-state index contributed by atoms with van der Waals surface area (Å²) in [5, 5.41) is 0. The molecule has 0 aromatic carbocycles. The molecule has 8 radical (unpaired) electrons. The maximum absolute atomic E-state index is 15.0. The summed E-state index contributed by atoms with van der Waals surface area (Å²) in [6.07, 6.45) is 2.68. The zero-order valence-electron chi connectivity index (χ0n) is 47.0. The van der Waals surface area contributed by atoms with E-state index in [0.717, 1.165) is 32.1 Å². The van der Waals surface area contributed by atoms with E-state index in [9.17, 15) is 27.8 Å². The summed E-state index contributed by atoms with van der Waals surface area (Å²) in [5.41, 5.74) is 5.35. The Morgan fingerprint density at radius 3 is 1.42 bits per heavy atom. The van der Waals surface area contributed by atoms with Crippen LogP contribution >= 0.6 is 30.7 Å². The van der Waals surface area contributed by atoms with Gasteiger partial charge in [-0.25, -0.2) is 42.2 Å². The van der Waals surface area contributed by atoms with Crippen LogP contribution in [0.15, 0.2) is 0 Å². The van der Waals surface area contributed by atoms with Gasteiger partial charge in [0.25, 0.3) is 0 Å². The number of carbonyl (C=O) groups is 2. The van der Waals surface area contributed by atoms with E-state index in [0.29, 0.717) is 19.4 Å². The Hall–Kier alpha value is -1.20. The molecule has 0 aromatic heterocycles. The number of nitrogens with two attached hydrogens (primary N) is 1. The third kappa shape index (κ3) is 19.2. The Kier molecular flexibility index (Phi) is 26.9. The number of nitrogens with zero attached hydrogens (tertiary/aromatic N) is 9. The van der Waals surface area contributed by atoms with Crippen LogP contribution in [0.25, 0.3) is 0 Å². The van der Waals surface area contributed by atoms with E-state index in [4.69, 9.17) is 83.6 Å². The van der Waals surface area contributed by atoms with E-state index in [1.807, 2.05) is 0 Å². The fraction of sp³-hybridized carbons (Fsp3) is 0.909. The average Bonchev–Trinajstić information content (AvgIpc) is 3.38. The minimum absolute atomic E-state index is 0.00241. The summed E-state index contributed by atoms with van der Waals surface area (Å²) in [5.74, 6) is 5.68. The fourth-order valence-electron chi connectivity index (χ4n) is 9.25. The van der Waals surface area contributed by atoms with Gasteiger partial charge in [-0.05, 0) is 95.5 Å². The Bertz CT molecular complexity index is 2200. The predicted molar refractivity (Wildman–Crippen MR) is 296 cm³/mol. The zero-order valence-corrected chi connectivity index (χ0v) is 50.6. The molecule has 0 aromatic rings. The number of ether oxygens (including phenoxy) is 6. The quantitative estimate of drug-likeness (QED) is 0.0500. The standard InChI is InChI=1S/C44H82B4N10O16P4/c1-50(2)75(61,54(9)29-43(49)59)67-31-36-22-56(26-40(46)72-36)77(63,52(5)6)69-33-38-24-58(28-42(48)74-38)78(64,53(7)8)70-32-37-23-57(27-41(47)73-37)76(62,51(3)4)68-30-35-21-55(25-39(45)71-35)44(60)66-20-16-15-19-65-34-17-13-11-10-12-14-18-34/h34-42H,10-13,15-17,19-33H2,1-9H3,(H2,49,59). The van der Waals surface area contributed by atoms with Gasteiger partial charge in [-0.3, -0.25) is 23.1 Å². The Morgan fingerprint density at radius 1 is 0.564 bits per heavy atom. The highest BCUT2D eigenvalue weighted by Crippen LogP contribution is 2.58. The molecule has 13 unspecified atom stereocenters. The second-order valence-electron chi connectivity index (χ2n) is 20.6. The largest absolute Gasteiger partial charge is 0.449 e. The molecule has 436 valence electrons. The van der Waals surface area contributed by atoms with Crippen molar-refractivity contribution in [1.29, 1.82) is 0 Å². The van der Waals surface area contributed by atoms with Crippen molar-refractivity contribution in [3.8, 4) is 11.8 Å². The second-order valence-corrected chi connectivity index (χ2v) is 31.2. The highest BCUT2D eigenvalue weighted by Gasteiger charge is 2.47. The van der Waals surface area contributed by atoms with Gasteiger partial charge < -0.3 is 57.1 Å². The van der Waals surface area contributed by atoms with Gasteiger partial charge in [-0.15, -0.1) is 5.92 Å². The van der Waals surface area contributed by atoms with Crippen molar-refractivity contribution in [3.05, 3.63) is 0 Å². The van der Waals surface area contributed by atoms with Gasteiger partial charge in [0.05, 0.1) is 70.5 Å². The van der Waals surface area contributed by atoms with Gasteiger partial charge in [0, 0.05) is 82.9 Å². The molecule has 0 saturated carbocycles. The first-order valence-corrected chi connectivity index (χ1v) is 32.4. The molecule has 34 heteroatoms. The first-order valence-electron chi connectivity index (χ1n) is 26.3. The lowest BCUT2D eigenvalue weighted by atomic mass is 9.97. The molecule has 26 nitrogen and oxygen atoms in total. The molecule has 0 spiro atoms. The fourth-order valence-corrected chi connectivity index (χ4v) is 17.0. The van der Waals surface area contributed by atoms with Crippen LogP contribution in [0.1, 0.15) is 44.9 Å². The van der Waals surface area contributed by atoms with Crippen LogP contribution in [0.2, 0.25) is 0 Å². The van der Waals surface area contributed by atoms with Gasteiger partial charge in [-0.1, -0.05) is 12.3 Å². The first-order chi connectivity index (χ1) is 36.7. The summed E-state index contributed by atoms with van der Waals surface area (Å²) >= 11 is 0. The first kappa shape index (κ1) is 67.6. The molecule has 78 heavy (non-hydrogen) atoms. The molecule has 13 atom stereocenters. The molecule has 4 saturated heterocycles. The van der Waals surface area contributed by atoms with Crippen molar-refractivity contribution in [3.63, 3.8) is 0 Å². The van der Waals surface area contributed by atoms with Gasteiger partial charge in [0.2, 0.25) is 5.91 Å². The molecular formula is C44H82B4N10O16P4. The van der Waals surface area contributed by atoms with Crippen LogP contribution in [0, 0.1) is 11.8 Å². The number of hydrogen-bond donors (Lipinski definition) is 1. The third-order valence-electron chi connectivity index (χ3n) is 13.2. The highest BCUT2D eigenvalue weighted by molar-refractivity contribution is 7.54. The molecule has 0 bridgehead atoms. The molecule has 2 N–H and O–H groups in total. The van der Waals surface area contributed by atoms with Crippen molar-refractivity contribution < 1.29 is 74.4 Å². The van der Waals surface area contributed by atoms with Gasteiger partial charge in [0.15, 0.2) is 0 Å². The van der Waals surface area contributed by atoms with Crippen LogP contribution < -0.4 is 5.73 Å². The number of primary amides is 1. The average molecular weight is 1170 g/mol. The molecule has 5 aliphatic rings. The maximum Gasteiger partial charge on any atom is 0.409 e. The number of unbranched alkanes of at least 4 members (excludes halogenated alkanes) is 1. The molecule has 4 heterocycles. The van der Waals surface area contributed by atoms with Crippen LogP contribution in [0.4, 0.5) is 4.79 Å². The molecule has 5 rings (SSSR count). The summed E-state index contributed by atoms with van der Waals surface area (Å²) in [7, 11) is 24.0. The van der Waals surface area contributed by atoms with E-state index in [2.05, 4.69) is 11.8 Å². The summed E-state index contributed by atoms with van der Waals surface area (Å²) in [6.45, 7) is -0.437. The SMILES string of the molecule is [B]C1CN(C(=O)OCCCCOC2C#CCCCCC2)CC(COP(=O)(N(C)C)N2CC([B])OC(COP(=O)(N(C)C)N3CC([B])OC(COP(=O)(N(C)C)N4CC([B])OC(COP(=O)(N(C)C)N(C)CC(N)=O)C4)C3)C2)O1. The Labute approximate surface area is 468 Å². The predicted octanol–water partition coefficient (Wildman–Crippen LogP) is 1.20. The van der Waals surface area contributed by atoms with Crippen molar-refractivity contribution in [2.45, 2.75) is 99.5 Å². The number of rotatable bonds is 28. The van der Waals surface area contributed by atoms with Crippen LogP contribution in [0.5, 0.6) is 0 Å². The Morgan fingerprint density at radius 2 is 0.987 bits per heavy atom. The van der Waals surface area contributed by atoms with E-state index >= 15 is 0 Å². The number of carbonyl (C=O) groups excluding carboxylic acids is 2. The van der Waals surface area contributed by atoms with Crippen molar-refractivity contribution >= 4 is 74.1 Å². The maximum atomic E-state index is 15.0.